The number of amides is 2. The molecule has 0 saturated carbocycles. The Bertz CT molecular complexity index is 485. The molecule has 6 nitrogen and oxygen atoms in total. The zero-order chi connectivity index (χ0) is 13.5. The van der Waals surface area contributed by atoms with Crippen LogP contribution in [-0.4, -0.2) is 29.6 Å². The van der Waals surface area contributed by atoms with Crippen molar-refractivity contribution in [2.24, 2.45) is 0 Å². The van der Waals surface area contributed by atoms with Gasteiger partial charge in [-0.05, 0) is 18.2 Å². The van der Waals surface area contributed by atoms with Crippen LogP contribution in [0.25, 0.3) is 0 Å². The highest BCUT2D eigenvalue weighted by Gasteiger charge is 2.18. The van der Waals surface area contributed by atoms with E-state index in [-0.39, 0.29) is 18.3 Å². The zero-order valence-electron chi connectivity index (χ0n) is 9.84. The molecule has 0 aliphatic carbocycles. The van der Waals surface area contributed by atoms with Gasteiger partial charge in [0.25, 0.3) is 5.91 Å². The average Bonchev–Trinajstić information content (AvgIpc) is 2.35. The summed E-state index contributed by atoms with van der Waals surface area (Å²) in [4.78, 5) is 38.2. The van der Waals surface area contributed by atoms with E-state index >= 15 is 0 Å². The Morgan fingerprint density at radius 3 is 2.89 bits per heavy atom. The molecular weight excluding hydrogens is 234 g/mol. The van der Waals surface area contributed by atoms with Gasteiger partial charge in [0.15, 0.2) is 5.82 Å². The molecule has 0 unspecified atom stereocenters. The van der Waals surface area contributed by atoms with Gasteiger partial charge >= 0.3 is 0 Å². The SMILES string of the molecule is C=CC(=O)N(C[C]=O)c1ncccc1NC(C)=O. The van der Waals surface area contributed by atoms with Crippen molar-refractivity contribution in [2.45, 2.75) is 6.92 Å². The number of anilines is 2. The fourth-order valence-corrected chi connectivity index (χ4v) is 1.33. The molecule has 1 aromatic heterocycles. The highest BCUT2D eigenvalue weighted by atomic mass is 16.2. The Labute approximate surface area is 104 Å². The first kappa shape index (κ1) is 13.6. The molecule has 1 N–H and O–H groups in total. The zero-order valence-corrected chi connectivity index (χ0v) is 9.84. The molecule has 1 heterocycles. The number of rotatable bonds is 5. The predicted molar refractivity (Wildman–Crippen MR) is 66.8 cm³/mol. The molecule has 0 bridgehead atoms. The Morgan fingerprint density at radius 1 is 1.61 bits per heavy atom. The number of nitrogens with one attached hydrogen (secondary N) is 1. The molecular formula is C12H12N3O3. The van der Waals surface area contributed by atoms with Crippen molar-refractivity contribution in [1.29, 1.82) is 0 Å². The van der Waals surface area contributed by atoms with Crippen LogP contribution < -0.4 is 10.2 Å². The molecule has 0 spiro atoms. The minimum atomic E-state index is -0.497. The minimum absolute atomic E-state index is 0.181. The summed E-state index contributed by atoms with van der Waals surface area (Å²) in [5.74, 6) is -0.616. The molecule has 93 valence electrons. The molecule has 0 fully saturated rings. The number of hydrogen-bond acceptors (Lipinski definition) is 4. The van der Waals surface area contributed by atoms with E-state index in [1.165, 1.54) is 13.1 Å². The summed E-state index contributed by atoms with van der Waals surface area (Å²) in [5.41, 5.74) is 0.343. The maximum atomic E-state index is 11.6. The van der Waals surface area contributed by atoms with Gasteiger partial charge in [-0.2, -0.15) is 0 Å². The van der Waals surface area contributed by atoms with Gasteiger partial charge in [0.2, 0.25) is 12.2 Å². The van der Waals surface area contributed by atoms with Gasteiger partial charge in [-0.15, -0.1) is 0 Å². The predicted octanol–water partition coefficient (Wildman–Crippen LogP) is 0.669. The van der Waals surface area contributed by atoms with Gasteiger partial charge in [0.1, 0.15) is 0 Å². The third kappa shape index (κ3) is 3.24. The van der Waals surface area contributed by atoms with Crippen molar-refractivity contribution < 1.29 is 14.4 Å². The van der Waals surface area contributed by atoms with E-state index in [0.29, 0.717) is 5.69 Å². The largest absolute Gasteiger partial charge is 0.323 e. The molecule has 1 rings (SSSR count). The summed E-state index contributed by atoms with van der Waals surface area (Å²) in [6, 6.07) is 3.19. The quantitative estimate of drug-likeness (QED) is 0.774. The fraction of sp³-hybridized carbons (Fsp3) is 0.167. The molecule has 0 saturated heterocycles. The van der Waals surface area contributed by atoms with Crippen LogP contribution in [0.3, 0.4) is 0 Å². The molecule has 0 atom stereocenters. The van der Waals surface area contributed by atoms with E-state index in [9.17, 15) is 14.4 Å². The highest BCUT2D eigenvalue weighted by Crippen LogP contribution is 2.22. The van der Waals surface area contributed by atoms with E-state index in [2.05, 4.69) is 16.9 Å². The van der Waals surface area contributed by atoms with E-state index < -0.39 is 5.91 Å². The van der Waals surface area contributed by atoms with Crippen LogP contribution in [0.4, 0.5) is 11.5 Å². The minimum Gasteiger partial charge on any atom is -0.323 e. The van der Waals surface area contributed by atoms with E-state index in [1.54, 1.807) is 18.4 Å². The van der Waals surface area contributed by atoms with Crippen molar-refractivity contribution in [3.8, 4) is 0 Å². The van der Waals surface area contributed by atoms with Crippen molar-refractivity contribution in [3.05, 3.63) is 31.0 Å². The normalized spacial score (nSPS) is 9.39. The molecule has 6 heteroatoms. The Hall–Kier alpha value is -2.50. The molecule has 0 aliphatic heterocycles. The van der Waals surface area contributed by atoms with Gasteiger partial charge < -0.3 is 5.32 Å². The molecule has 1 radical (unpaired) electrons. The average molecular weight is 246 g/mol. The third-order valence-electron chi connectivity index (χ3n) is 2.02. The Morgan fingerprint density at radius 2 is 2.33 bits per heavy atom. The molecule has 0 aliphatic rings. The van der Waals surface area contributed by atoms with Crippen LogP contribution >= 0.6 is 0 Å². The first-order valence-electron chi connectivity index (χ1n) is 5.11. The Kier molecular flexibility index (Phi) is 4.74. The van der Waals surface area contributed by atoms with Crippen molar-refractivity contribution in [3.63, 3.8) is 0 Å². The van der Waals surface area contributed by atoms with Gasteiger partial charge in [0, 0.05) is 13.1 Å². The van der Waals surface area contributed by atoms with E-state index in [4.69, 9.17) is 0 Å². The first-order chi connectivity index (χ1) is 8.60. The smallest absolute Gasteiger partial charge is 0.252 e. The second kappa shape index (κ2) is 6.29. The summed E-state index contributed by atoms with van der Waals surface area (Å²) >= 11 is 0. The topological polar surface area (TPSA) is 79.4 Å². The van der Waals surface area contributed by atoms with E-state index in [0.717, 1.165) is 11.0 Å². The van der Waals surface area contributed by atoms with Crippen LogP contribution in [0.15, 0.2) is 31.0 Å². The fourth-order valence-electron chi connectivity index (χ4n) is 1.33. The van der Waals surface area contributed by atoms with Gasteiger partial charge in [-0.1, -0.05) is 6.58 Å². The van der Waals surface area contributed by atoms with Crippen LogP contribution in [0.1, 0.15) is 6.92 Å². The van der Waals surface area contributed by atoms with Crippen LogP contribution in [-0.2, 0) is 14.4 Å². The third-order valence-corrected chi connectivity index (χ3v) is 2.02. The Balaban J connectivity index is 3.17. The van der Waals surface area contributed by atoms with Crippen molar-refractivity contribution >= 4 is 29.6 Å². The summed E-state index contributed by atoms with van der Waals surface area (Å²) in [7, 11) is 0. The number of carbonyl (C=O) groups excluding carboxylic acids is 3. The lowest BCUT2D eigenvalue weighted by molar-refractivity contribution is -0.115. The summed E-state index contributed by atoms with van der Waals surface area (Å²) in [5, 5.41) is 2.53. The second-order valence-electron chi connectivity index (χ2n) is 3.33. The first-order valence-corrected chi connectivity index (χ1v) is 5.11. The standard InChI is InChI=1S/C12H12N3O3/c1-3-11(18)15(7-8-16)12-10(14-9(2)17)5-4-6-13-12/h3-6H,1,7H2,2H3,(H,14,17). The van der Waals surface area contributed by atoms with Crippen LogP contribution in [0.5, 0.6) is 0 Å². The molecule has 18 heavy (non-hydrogen) atoms. The molecule has 2 amide bonds. The lowest BCUT2D eigenvalue weighted by Gasteiger charge is -2.19. The second-order valence-corrected chi connectivity index (χ2v) is 3.33. The maximum absolute atomic E-state index is 11.6. The number of pyridine rings is 1. The lowest BCUT2D eigenvalue weighted by Crippen LogP contribution is -2.32. The highest BCUT2D eigenvalue weighted by molar-refractivity contribution is 6.05. The molecule has 0 aromatic carbocycles. The number of nitrogens with zero attached hydrogens (tertiary/aromatic N) is 2. The van der Waals surface area contributed by atoms with Gasteiger partial charge in [-0.25, -0.2) is 4.98 Å². The van der Waals surface area contributed by atoms with Crippen molar-refractivity contribution in [1.82, 2.24) is 4.98 Å². The monoisotopic (exact) mass is 246 g/mol. The number of hydrogen-bond donors (Lipinski definition) is 1. The maximum Gasteiger partial charge on any atom is 0.252 e. The summed E-state index contributed by atoms with van der Waals surface area (Å²) in [6.45, 7) is 4.40. The van der Waals surface area contributed by atoms with Gasteiger partial charge in [-0.3, -0.25) is 19.3 Å². The van der Waals surface area contributed by atoms with Crippen molar-refractivity contribution in [2.75, 3.05) is 16.8 Å². The molecule has 1 aromatic rings. The summed E-state index contributed by atoms with van der Waals surface area (Å²) in [6.07, 6.45) is 4.13. The van der Waals surface area contributed by atoms with Crippen LogP contribution in [0.2, 0.25) is 0 Å². The number of aromatic nitrogens is 1. The van der Waals surface area contributed by atoms with Gasteiger partial charge in [0.05, 0.1) is 12.2 Å². The van der Waals surface area contributed by atoms with Crippen LogP contribution in [0, 0.1) is 0 Å². The number of carbonyl (C=O) groups is 2. The summed E-state index contributed by atoms with van der Waals surface area (Å²) < 4.78 is 0. The van der Waals surface area contributed by atoms with E-state index in [1.807, 2.05) is 0 Å². The lowest BCUT2D eigenvalue weighted by atomic mass is 10.3.